The summed E-state index contributed by atoms with van der Waals surface area (Å²) in [5.74, 6) is -0.178. The second kappa shape index (κ2) is 7.62. The highest BCUT2D eigenvalue weighted by atomic mass is 35.5. The van der Waals surface area contributed by atoms with E-state index in [9.17, 15) is 4.79 Å². The Bertz CT molecular complexity index is 539. The molecule has 5 nitrogen and oxygen atoms in total. The maximum atomic E-state index is 12.9. The highest BCUT2D eigenvalue weighted by Gasteiger charge is 2.43. The van der Waals surface area contributed by atoms with Gasteiger partial charge in [0.05, 0.1) is 5.41 Å². The molecule has 1 aromatic rings. The lowest BCUT2D eigenvalue weighted by Gasteiger charge is -2.37. The number of hydrogen-bond acceptors (Lipinski definition) is 4. The summed E-state index contributed by atoms with van der Waals surface area (Å²) in [6.45, 7) is 1.72. The molecule has 1 aromatic carbocycles. The fourth-order valence-electron chi connectivity index (χ4n) is 3.21. The van der Waals surface area contributed by atoms with Crippen LogP contribution in [0, 0.1) is 0 Å². The summed E-state index contributed by atoms with van der Waals surface area (Å²) in [6, 6.07) is 7.48. The first-order valence-electron chi connectivity index (χ1n) is 8.13. The van der Waals surface area contributed by atoms with Gasteiger partial charge in [0.2, 0.25) is 0 Å². The Labute approximate surface area is 141 Å². The maximum absolute atomic E-state index is 12.9. The number of hydroxylamine groups is 1. The molecule has 3 rings (SSSR count). The van der Waals surface area contributed by atoms with Crippen LogP contribution in [-0.4, -0.2) is 32.0 Å². The van der Waals surface area contributed by atoms with E-state index in [0.29, 0.717) is 37.7 Å². The largest absolute Gasteiger partial charge is 0.381 e. The number of amides is 1. The first-order valence-corrected chi connectivity index (χ1v) is 8.51. The molecular formula is C17H22ClNO4. The number of carbonyl (C=O) groups is 1. The first-order chi connectivity index (χ1) is 11.2. The third-order valence-electron chi connectivity index (χ3n) is 4.59. The van der Waals surface area contributed by atoms with Gasteiger partial charge in [0.25, 0.3) is 5.91 Å². The van der Waals surface area contributed by atoms with E-state index in [1.54, 1.807) is 0 Å². The molecule has 1 amide bonds. The van der Waals surface area contributed by atoms with Crippen molar-refractivity contribution in [2.75, 3.05) is 19.8 Å². The summed E-state index contributed by atoms with van der Waals surface area (Å²) in [5.41, 5.74) is 2.72. The van der Waals surface area contributed by atoms with Gasteiger partial charge in [-0.3, -0.25) is 4.79 Å². The zero-order valence-corrected chi connectivity index (χ0v) is 13.8. The molecule has 0 bridgehead atoms. The highest BCUT2D eigenvalue weighted by molar-refractivity contribution is 6.31. The van der Waals surface area contributed by atoms with Crippen LogP contribution in [0.4, 0.5) is 0 Å². The van der Waals surface area contributed by atoms with Crippen molar-refractivity contribution in [3.63, 3.8) is 0 Å². The monoisotopic (exact) mass is 339 g/mol. The Morgan fingerprint density at radius 1 is 1.22 bits per heavy atom. The molecule has 23 heavy (non-hydrogen) atoms. The third-order valence-corrected chi connectivity index (χ3v) is 4.92. The summed E-state index contributed by atoms with van der Waals surface area (Å²) in [6.07, 6.45) is 3.67. The van der Waals surface area contributed by atoms with Crippen molar-refractivity contribution < 1.29 is 19.1 Å². The van der Waals surface area contributed by atoms with Gasteiger partial charge >= 0.3 is 0 Å². The van der Waals surface area contributed by atoms with Crippen LogP contribution in [0.15, 0.2) is 24.3 Å². The molecule has 2 aliphatic rings. The Balaban J connectivity index is 1.75. The van der Waals surface area contributed by atoms with Gasteiger partial charge in [-0.1, -0.05) is 29.8 Å². The number of hydrogen-bond donors (Lipinski definition) is 1. The van der Waals surface area contributed by atoms with E-state index < -0.39 is 5.41 Å². The topological polar surface area (TPSA) is 56.8 Å². The van der Waals surface area contributed by atoms with Crippen LogP contribution in [0.2, 0.25) is 5.02 Å². The number of ether oxygens (including phenoxy) is 2. The maximum Gasteiger partial charge on any atom is 0.254 e. The Hall–Kier alpha value is -1.14. The summed E-state index contributed by atoms with van der Waals surface area (Å²) in [7, 11) is 0. The van der Waals surface area contributed by atoms with E-state index in [1.807, 2.05) is 24.3 Å². The molecule has 0 radical (unpaired) electrons. The molecule has 0 aromatic heterocycles. The minimum atomic E-state index is -0.717. The molecule has 1 atom stereocenters. The lowest BCUT2D eigenvalue weighted by molar-refractivity contribution is -0.204. The van der Waals surface area contributed by atoms with Crippen molar-refractivity contribution in [2.24, 2.45) is 0 Å². The van der Waals surface area contributed by atoms with Crippen molar-refractivity contribution in [3.8, 4) is 0 Å². The predicted molar refractivity (Wildman–Crippen MR) is 86.0 cm³/mol. The molecule has 0 aliphatic carbocycles. The van der Waals surface area contributed by atoms with E-state index in [1.165, 1.54) is 0 Å². The average molecular weight is 340 g/mol. The van der Waals surface area contributed by atoms with Crippen LogP contribution in [-0.2, 0) is 24.5 Å². The molecular weight excluding hydrogens is 318 g/mol. The van der Waals surface area contributed by atoms with Crippen LogP contribution >= 0.6 is 11.6 Å². The molecule has 1 N–H and O–H groups in total. The van der Waals surface area contributed by atoms with Crippen molar-refractivity contribution in [1.82, 2.24) is 5.48 Å². The van der Waals surface area contributed by atoms with Crippen molar-refractivity contribution in [1.29, 1.82) is 0 Å². The van der Waals surface area contributed by atoms with E-state index >= 15 is 0 Å². The van der Waals surface area contributed by atoms with Gasteiger partial charge in [-0.05, 0) is 37.3 Å². The Morgan fingerprint density at radius 2 is 2.00 bits per heavy atom. The first kappa shape index (κ1) is 16.7. The zero-order chi connectivity index (χ0) is 16.1. The third kappa shape index (κ3) is 3.69. The van der Waals surface area contributed by atoms with Crippen LogP contribution in [0.1, 0.15) is 37.7 Å². The zero-order valence-electron chi connectivity index (χ0n) is 13.1. The minimum Gasteiger partial charge on any atom is -0.381 e. The van der Waals surface area contributed by atoms with Gasteiger partial charge in [-0.25, -0.2) is 10.3 Å². The highest BCUT2D eigenvalue weighted by Crippen LogP contribution is 2.39. The number of halogens is 1. The predicted octanol–water partition coefficient (Wildman–Crippen LogP) is 2.96. The quantitative estimate of drug-likeness (QED) is 0.857. The molecule has 2 aliphatic heterocycles. The molecule has 2 fully saturated rings. The molecule has 6 heteroatoms. The minimum absolute atomic E-state index is 0.178. The molecule has 126 valence electrons. The number of benzene rings is 1. The lowest BCUT2D eigenvalue weighted by atomic mass is 9.73. The second-order valence-corrected chi connectivity index (χ2v) is 6.43. The van der Waals surface area contributed by atoms with Gasteiger partial charge in [-0.15, -0.1) is 0 Å². The summed E-state index contributed by atoms with van der Waals surface area (Å²) in [4.78, 5) is 18.4. The molecule has 2 heterocycles. The van der Waals surface area contributed by atoms with Crippen LogP contribution < -0.4 is 5.48 Å². The SMILES string of the molecule is O=C(NO[C@H]1CCCCO1)C1(c2ccccc2Cl)CCOCC1. The normalized spacial score (nSPS) is 24.1. The summed E-state index contributed by atoms with van der Waals surface area (Å²) >= 11 is 6.35. The number of carbonyl (C=O) groups excluding carboxylic acids is 1. The van der Waals surface area contributed by atoms with E-state index in [4.69, 9.17) is 25.9 Å². The smallest absolute Gasteiger partial charge is 0.254 e. The molecule has 0 unspecified atom stereocenters. The van der Waals surface area contributed by atoms with Gasteiger partial charge < -0.3 is 9.47 Å². The van der Waals surface area contributed by atoms with Gasteiger partial charge in [0, 0.05) is 31.3 Å². The molecule has 0 saturated carbocycles. The van der Waals surface area contributed by atoms with E-state index in [2.05, 4.69) is 5.48 Å². The van der Waals surface area contributed by atoms with Crippen molar-refractivity contribution >= 4 is 17.5 Å². The number of nitrogens with one attached hydrogen (secondary N) is 1. The van der Waals surface area contributed by atoms with E-state index in [-0.39, 0.29) is 12.2 Å². The van der Waals surface area contributed by atoms with Crippen molar-refractivity contribution in [3.05, 3.63) is 34.9 Å². The standard InChI is InChI=1S/C17H22ClNO4/c18-14-6-2-1-5-13(14)17(8-11-21-12-9-17)16(20)19-23-15-7-3-4-10-22-15/h1-2,5-6,15H,3-4,7-12H2,(H,19,20)/t15-/m0/s1. The molecule has 0 spiro atoms. The molecule has 2 saturated heterocycles. The van der Waals surface area contributed by atoms with Crippen molar-refractivity contribution in [2.45, 2.75) is 43.8 Å². The van der Waals surface area contributed by atoms with Gasteiger partial charge in [-0.2, -0.15) is 0 Å². The van der Waals surface area contributed by atoms with Gasteiger partial charge in [0.15, 0.2) is 6.29 Å². The lowest BCUT2D eigenvalue weighted by Crippen LogP contribution is -2.49. The van der Waals surface area contributed by atoms with Crippen LogP contribution in [0.5, 0.6) is 0 Å². The summed E-state index contributed by atoms with van der Waals surface area (Å²) in [5, 5.41) is 0.596. The number of rotatable bonds is 4. The van der Waals surface area contributed by atoms with Gasteiger partial charge in [0.1, 0.15) is 0 Å². The summed E-state index contributed by atoms with van der Waals surface area (Å²) < 4.78 is 10.9. The van der Waals surface area contributed by atoms with E-state index in [0.717, 1.165) is 24.8 Å². The fraction of sp³-hybridized carbons (Fsp3) is 0.588. The van der Waals surface area contributed by atoms with Crippen LogP contribution in [0.3, 0.4) is 0 Å². The fourth-order valence-corrected chi connectivity index (χ4v) is 3.53. The Kier molecular flexibility index (Phi) is 5.54. The average Bonchev–Trinajstić information content (AvgIpc) is 2.61. The Morgan fingerprint density at radius 3 is 2.70 bits per heavy atom. The van der Waals surface area contributed by atoms with Crippen LogP contribution in [0.25, 0.3) is 0 Å². The second-order valence-electron chi connectivity index (χ2n) is 6.02.